The zero-order valence-corrected chi connectivity index (χ0v) is 12.0. The van der Waals surface area contributed by atoms with E-state index in [-0.39, 0.29) is 11.8 Å². The van der Waals surface area contributed by atoms with Crippen LogP contribution in [-0.2, 0) is 4.79 Å². The average molecular weight is 248 g/mol. The second-order valence-electron chi connectivity index (χ2n) is 5.10. The van der Waals surface area contributed by atoms with Gasteiger partial charge in [0.05, 0.1) is 0 Å². The van der Waals surface area contributed by atoms with Crippen molar-refractivity contribution in [3.63, 3.8) is 0 Å². The fourth-order valence-corrected chi connectivity index (χ4v) is 1.93. The van der Waals surface area contributed by atoms with E-state index < -0.39 is 0 Å². The molecule has 1 rings (SSSR count). The van der Waals surface area contributed by atoms with Crippen molar-refractivity contribution in [1.29, 1.82) is 0 Å². The molecular weight excluding hydrogens is 224 g/mol. The summed E-state index contributed by atoms with van der Waals surface area (Å²) in [6.45, 7) is 6.98. The van der Waals surface area contributed by atoms with Crippen LogP contribution in [0.5, 0.6) is 0 Å². The number of rotatable bonds is 5. The smallest absolute Gasteiger partial charge is 0.230 e. The van der Waals surface area contributed by atoms with Gasteiger partial charge in [-0.3, -0.25) is 4.79 Å². The summed E-state index contributed by atoms with van der Waals surface area (Å²) in [6.07, 6.45) is 0. The van der Waals surface area contributed by atoms with Crippen molar-refractivity contribution in [3.8, 4) is 0 Å². The first-order valence-electron chi connectivity index (χ1n) is 6.49. The number of carbonyl (C=O) groups is 1. The number of nitrogens with one attached hydrogen (secondary N) is 1. The number of benzene rings is 1. The lowest BCUT2D eigenvalue weighted by atomic mass is 10.0. The van der Waals surface area contributed by atoms with E-state index in [2.05, 4.69) is 31.3 Å². The van der Waals surface area contributed by atoms with Crippen LogP contribution in [0.3, 0.4) is 0 Å². The zero-order chi connectivity index (χ0) is 13.7. The van der Waals surface area contributed by atoms with Gasteiger partial charge in [-0.2, -0.15) is 0 Å². The largest absolute Gasteiger partial charge is 0.319 e. The monoisotopic (exact) mass is 248 g/mol. The summed E-state index contributed by atoms with van der Waals surface area (Å²) in [5.41, 5.74) is 2.25. The number of hydrogen-bond donors (Lipinski definition) is 1. The van der Waals surface area contributed by atoms with Gasteiger partial charge >= 0.3 is 0 Å². The molecule has 100 valence electrons. The van der Waals surface area contributed by atoms with Crippen molar-refractivity contribution >= 4 is 11.6 Å². The molecule has 0 saturated heterocycles. The summed E-state index contributed by atoms with van der Waals surface area (Å²) in [5, 5.41) is 3.03. The first kappa shape index (κ1) is 14.7. The van der Waals surface area contributed by atoms with E-state index in [0.29, 0.717) is 12.5 Å². The van der Waals surface area contributed by atoms with Gasteiger partial charge < -0.3 is 10.2 Å². The molecule has 1 amide bonds. The minimum atomic E-state index is -0.00947. The minimum absolute atomic E-state index is 0.00947. The molecule has 0 saturated carbocycles. The Kier molecular flexibility index (Phi) is 5.35. The standard InChI is InChI=1S/C15H24N2O/c1-11(2)13-6-8-14(9-7-13)17(5)15(18)12(3)10-16-4/h6-9,11-12,16H,10H2,1-5H3. The molecule has 0 spiro atoms. The SMILES string of the molecule is CNCC(C)C(=O)N(C)c1ccc(C(C)C)cc1. The lowest BCUT2D eigenvalue weighted by molar-refractivity contribution is -0.121. The molecule has 1 aromatic carbocycles. The topological polar surface area (TPSA) is 32.3 Å². The molecule has 0 bridgehead atoms. The van der Waals surface area contributed by atoms with Gasteiger partial charge in [-0.1, -0.05) is 32.9 Å². The summed E-state index contributed by atoms with van der Waals surface area (Å²) in [5.74, 6) is 0.648. The summed E-state index contributed by atoms with van der Waals surface area (Å²) in [7, 11) is 3.69. The van der Waals surface area contributed by atoms with E-state index in [1.54, 1.807) is 4.90 Å². The Morgan fingerprint density at radius 3 is 2.22 bits per heavy atom. The first-order valence-corrected chi connectivity index (χ1v) is 6.49. The third-order valence-electron chi connectivity index (χ3n) is 3.21. The Bertz CT molecular complexity index is 384. The fraction of sp³-hybridized carbons (Fsp3) is 0.533. The lowest BCUT2D eigenvalue weighted by Gasteiger charge is -2.22. The van der Waals surface area contributed by atoms with Crippen LogP contribution in [0.4, 0.5) is 5.69 Å². The minimum Gasteiger partial charge on any atom is -0.319 e. The number of carbonyl (C=O) groups excluding carboxylic acids is 1. The third-order valence-corrected chi connectivity index (χ3v) is 3.21. The molecular formula is C15H24N2O. The maximum absolute atomic E-state index is 12.1. The van der Waals surface area contributed by atoms with E-state index in [1.807, 2.05) is 33.2 Å². The van der Waals surface area contributed by atoms with E-state index >= 15 is 0 Å². The van der Waals surface area contributed by atoms with Gasteiger partial charge in [-0.05, 0) is 30.7 Å². The van der Waals surface area contributed by atoms with E-state index in [4.69, 9.17) is 0 Å². The fourth-order valence-electron chi connectivity index (χ4n) is 1.93. The van der Waals surface area contributed by atoms with Crippen molar-refractivity contribution < 1.29 is 4.79 Å². The summed E-state index contributed by atoms with van der Waals surface area (Å²) >= 11 is 0. The Balaban J connectivity index is 2.77. The summed E-state index contributed by atoms with van der Waals surface area (Å²) in [6, 6.07) is 8.21. The van der Waals surface area contributed by atoms with Crippen LogP contribution < -0.4 is 10.2 Å². The number of amides is 1. The van der Waals surface area contributed by atoms with Crippen molar-refractivity contribution in [2.75, 3.05) is 25.5 Å². The molecule has 0 aliphatic carbocycles. The Labute approximate surface area is 110 Å². The van der Waals surface area contributed by atoms with Crippen molar-refractivity contribution in [3.05, 3.63) is 29.8 Å². The van der Waals surface area contributed by atoms with Crippen LogP contribution in [0.15, 0.2) is 24.3 Å². The zero-order valence-electron chi connectivity index (χ0n) is 12.0. The van der Waals surface area contributed by atoms with Crippen LogP contribution in [0.1, 0.15) is 32.3 Å². The molecule has 0 fully saturated rings. The average Bonchev–Trinajstić information content (AvgIpc) is 2.37. The van der Waals surface area contributed by atoms with Crippen molar-refractivity contribution in [2.24, 2.45) is 5.92 Å². The van der Waals surface area contributed by atoms with Gasteiger partial charge in [0.15, 0.2) is 0 Å². The highest BCUT2D eigenvalue weighted by atomic mass is 16.2. The van der Waals surface area contributed by atoms with Crippen LogP contribution in [-0.4, -0.2) is 26.5 Å². The number of nitrogens with zero attached hydrogens (tertiary/aromatic N) is 1. The van der Waals surface area contributed by atoms with Crippen molar-refractivity contribution in [2.45, 2.75) is 26.7 Å². The number of hydrogen-bond acceptors (Lipinski definition) is 2. The Morgan fingerprint density at radius 1 is 1.22 bits per heavy atom. The first-order chi connectivity index (χ1) is 8.47. The van der Waals surface area contributed by atoms with Crippen LogP contribution >= 0.6 is 0 Å². The van der Waals surface area contributed by atoms with Crippen molar-refractivity contribution in [1.82, 2.24) is 5.32 Å². The maximum atomic E-state index is 12.1. The highest BCUT2D eigenvalue weighted by molar-refractivity contribution is 5.94. The van der Waals surface area contributed by atoms with Crippen LogP contribution in [0.2, 0.25) is 0 Å². The molecule has 18 heavy (non-hydrogen) atoms. The van der Waals surface area contributed by atoms with E-state index in [9.17, 15) is 4.79 Å². The van der Waals surface area contributed by atoms with Gasteiger partial charge in [0, 0.05) is 25.2 Å². The van der Waals surface area contributed by atoms with Gasteiger partial charge in [0.1, 0.15) is 0 Å². The molecule has 0 aromatic heterocycles. The molecule has 1 N–H and O–H groups in total. The van der Waals surface area contributed by atoms with Gasteiger partial charge in [0.2, 0.25) is 5.91 Å². The van der Waals surface area contributed by atoms with Gasteiger partial charge in [-0.15, -0.1) is 0 Å². The summed E-state index contributed by atoms with van der Waals surface area (Å²) < 4.78 is 0. The molecule has 0 aliphatic rings. The van der Waals surface area contributed by atoms with Gasteiger partial charge in [0.25, 0.3) is 0 Å². The Hall–Kier alpha value is -1.35. The molecule has 3 heteroatoms. The highest BCUT2D eigenvalue weighted by Crippen LogP contribution is 2.20. The number of anilines is 1. The highest BCUT2D eigenvalue weighted by Gasteiger charge is 2.17. The molecule has 1 unspecified atom stereocenters. The molecule has 3 nitrogen and oxygen atoms in total. The second kappa shape index (κ2) is 6.55. The van der Waals surface area contributed by atoms with E-state index in [0.717, 1.165) is 5.69 Å². The lowest BCUT2D eigenvalue weighted by Crippen LogP contribution is -2.35. The normalized spacial score (nSPS) is 12.6. The molecule has 1 atom stereocenters. The predicted octanol–water partition coefficient (Wildman–Crippen LogP) is 2.63. The molecule has 0 radical (unpaired) electrons. The quantitative estimate of drug-likeness (QED) is 0.868. The predicted molar refractivity (Wildman–Crippen MR) is 77.0 cm³/mol. The second-order valence-corrected chi connectivity index (χ2v) is 5.10. The molecule has 0 heterocycles. The van der Waals surface area contributed by atoms with E-state index in [1.165, 1.54) is 5.56 Å². The van der Waals surface area contributed by atoms with Crippen LogP contribution in [0, 0.1) is 5.92 Å². The molecule has 0 aliphatic heterocycles. The van der Waals surface area contributed by atoms with Gasteiger partial charge in [-0.25, -0.2) is 0 Å². The third kappa shape index (κ3) is 3.57. The molecule has 1 aromatic rings. The van der Waals surface area contributed by atoms with Crippen LogP contribution in [0.25, 0.3) is 0 Å². The Morgan fingerprint density at radius 2 is 1.78 bits per heavy atom. The maximum Gasteiger partial charge on any atom is 0.230 e. The summed E-state index contributed by atoms with van der Waals surface area (Å²) in [4.78, 5) is 13.9.